The van der Waals surface area contributed by atoms with Crippen molar-refractivity contribution in [2.24, 2.45) is 0 Å². The summed E-state index contributed by atoms with van der Waals surface area (Å²) in [6.07, 6.45) is 0.507. The summed E-state index contributed by atoms with van der Waals surface area (Å²) in [5, 5.41) is 5.81. The highest BCUT2D eigenvalue weighted by molar-refractivity contribution is 5.90. The van der Waals surface area contributed by atoms with E-state index in [0.29, 0.717) is 37.3 Å². The number of likely N-dealkylation sites (N-methyl/N-ethyl adjacent to an activating group) is 1. The van der Waals surface area contributed by atoms with Gasteiger partial charge in [0, 0.05) is 32.4 Å². The summed E-state index contributed by atoms with van der Waals surface area (Å²) in [6, 6.07) is 9.73. The molecular weight excluding hydrogens is 343 g/mol. The van der Waals surface area contributed by atoms with Crippen LogP contribution in [0.1, 0.15) is 12.0 Å². The second kappa shape index (κ2) is 7.37. The van der Waals surface area contributed by atoms with Gasteiger partial charge in [-0.1, -0.05) is 12.1 Å². The first-order valence-corrected chi connectivity index (χ1v) is 8.34. The van der Waals surface area contributed by atoms with Gasteiger partial charge in [0.15, 0.2) is 11.6 Å². The van der Waals surface area contributed by atoms with E-state index >= 15 is 0 Å². The number of likely N-dealkylation sites (tertiary alicyclic amines) is 1. The summed E-state index contributed by atoms with van der Waals surface area (Å²) < 4.78 is 40.0. The molecule has 1 aliphatic rings. The van der Waals surface area contributed by atoms with Gasteiger partial charge < -0.3 is 10.6 Å². The van der Waals surface area contributed by atoms with E-state index in [1.807, 2.05) is 4.90 Å². The Morgan fingerprint density at radius 3 is 2.65 bits per heavy atom. The molecule has 1 fully saturated rings. The van der Waals surface area contributed by atoms with Crippen molar-refractivity contribution in [2.75, 3.05) is 25.5 Å². The maximum atomic E-state index is 13.5. The van der Waals surface area contributed by atoms with E-state index < -0.39 is 23.0 Å². The van der Waals surface area contributed by atoms with Crippen LogP contribution in [0.5, 0.6) is 0 Å². The average molecular weight is 363 g/mol. The first-order valence-electron chi connectivity index (χ1n) is 8.34. The second-order valence-electron chi connectivity index (χ2n) is 6.51. The number of rotatable bonds is 5. The van der Waals surface area contributed by atoms with Gasteiger partial charge in [0.25, 0.3) is 0 Å². The lowest BCUT2D eigenvalue weighted by Crippen LogP contribution is -2.53. The molecule has 7 heteroatoms. The van der Waals surface area contributed by atoms with E-state index in [2.05, 4.69) is 10.6 Å². The van der Waals surface area contributed by atoms with Crippen LogP contribution in [0.4, 0.5) is 18.9 Å². The van der Waals surface area contributed by atoms with Crippen LogP contribution in [0, 0.1) is 17.5 Å². The molecule has 1 atom stereocenters. The minimum Gasteiger partial charge on any atom is -0.370 e. The van der Waals surface area contributed by atoms with Gasteiger partial charge in [0.1, 0.15) is 11.4 Å². The number of carbonyl (C=O) groups is 1. The molecule has 0 bridgehead atoms. The predicted octanol–water partition coefficient (Wildman–Crippen LogP) is 2.91. The van der Waals surface area contributed by atoms with Gasteiger partial charge in [0.05, 0.1) is 0 Å². The SMILES string of the molecule is CNC(=O)C1(Nc2cccc(F)c2)CCN(Cc2ccc(F)c(F)c2)C1. The third-order valence-electron chi connectivity index (χ3n) is 4.61. The molecule has 3 rings (SSSR count). The number of hydrogen-bond acceptors (Lipinski definition) is 3. The first kappa shape index (κ1) is 18.3. The Labute approximate surface area is 150 Å². The third kappa shape index (κ3) is 3.83. The quantitative estimate of drug-likeness (QED) is 0.859. The summed E-state index contributed by atoms with van der Waals surface area (Å²) in [7, 11) is 1.55. The number of halogens is 3. The summed E-state index contributed by atoms with van der Waals surface area (Å²) in [4.78, 5) is 14.5. The van der Waals surface area contributed by atoms with Crippen molar-refractivity contribution in [2.45, 2.75) is 18.5 Å². The van der Waals surface area contributed by atoms with Gasteiger partial charge in [0.2, 0.25) is 5.91 Å². The summed E-state index contributed by atoms with van der Waals surface area (Å²) in [5.74, 6) is -2.37. The largest absolute Gasteiger partial charge is 0.370 e. The molecule has 2 N–H and O–H groups in total. The fraction of sp³-hybridized carbons (Fsp3) is 0.316. The number of benzene rings is 2. The number of amides is 1. The number of carbonyl (C=O) groups excluding carboxylic acids is 1. The van der Waals surface area contributed by atoms with Crippen LogP contribution >= 0.6 is 0 Å². The molecule has 2 aromatic carbocycles. The molecule has 0 saturated carbocycles. The molecule has 0 aromatic heterocycles. The molecule has 1 saturated heterocycles. The smallest absolute Gasteiger partial charge is 0.246 e. The monoisotopic (exact) mass is 363 g/mol. The molecule has 1 aliphatic heterocycles. The minimum absolute atomic E-state index is 0.199. The van der Waals surface area contributed by atoms with Crippen LogP contribution in [-0.4, -0.2) is 36.5 Å². The Hall–Kier alpha value is -2.54. The van der Waals surface area contributed by atoms with Crippen molar-refractivity contribution in [3.63, 3.8) is 0 Å². The summed E-state index contributed by atoms with van der Waals surface area (Å²) >= 11 is 0. The van der Waals surface area contributed by atoms with Crippen LogP contribution < -0.4 is 10.6 Å². The first-order chi connectivity index (χ1) is 12.4. The fourth-order valence-electron chi connectivity index (χ4n) is 3.35. The van der Waals surface area contributed by atoms with Gasteiger partial charge in [-0.2, -0.15) is 0 Å². The molecule has 138 valence electrons. The molecule has 1 amide bonds. The van der Waals surface area contributed by atoms with Crippen LogP contribution in [0.15, 0.2) is 42.5 Å². The highest BCUT2D eigenvalue weighted by Gasteiger charge is 2.44. The Balaban J connectivity index is 1.77. The lowest BCUT2D eigenvalue weighted by molar-refractivity contribution is -0.124. The molecule has 0 aliphatic carbocycles. The number of hydrogen-bond donors (Lipinski definition) is 2. The lowest BCUT2D eigenvalue weighted by atomic mass is 9.96. The summed E-state index contributed by atoms with van der Waals surface area (Å²) in [6.45, 7) is 1.34. The van der Waals surface area contributed by atoms with E-state index in [9.17, 15) is 18.0 Å². The van der Waals surface area contributed by atoms with E-state index in [4.69, 9.17) is 0 Å². The number of nitrogens with zero attached hydrogens (tertiary/aromatic N) is 1. The maximum absolute atomic E-state index is 13.5. The Kier molecular flexibility index (Phi) is 5.18. The maximum Gasteiger partial charge on any atom is 0.246 e. The van der Waals surface area contributed by atoms with Crippen molar-refractivity contribution >= 4 is 11.6 Å². The van der Waals surface area contributed by atoms with Crippen molar-refractivity contribution in [3.05, 3.63) is 65.5 Å². The topological polar surface area (TPSA) is 44.4 Å². The van der Waals surface area contributed by atoms with Crippen molar-refractivity contribution in [1.29, 1.82) is 0 Å². The highest BCUT2D eigenvalue weighted by Crippen LogP contribution is 2.28. The number of anilines is 1. The summed E-state index contributed by atoms with van der Waals surface area (Å²) in [5.41, 5.74) is 0.229. The number of nitrogens with one attached hydrogen (secondary N) is 2. The van der Waals surface area contributed by atoms with Gasteiger partial charge in [-0.25, -0.2) is 13.2 Å². The van der Waals surface area contributed by atoms with E-state index in [1.165, 1.54) is 18.2 Å². The molecule has 1 unspecified atom stereocenters. The van der Waals surface area contributed by atoms with Crippen molar-refractivity contribution in [1.82, 2.24) is 10.2 Å². The predicted molar refractivity (Wildman–Crippen MR) is 93.1 cm³/mol. The zero-order chi connectivity index (χ0) is 18.7. The Bertz CT molecular complexity index is 814. The zero-order valence-electron chi connectivity index (χ0n) is 14.4. The van der Waals surface area contributed by atoms with Gasteiger partial charge in [-0.05, 0) is 42.3 Å². The normalized spacial score (nSPS) is 20.2. The van der Waals surface area contributed by atoms with Crippen LogP contribution in [0.25, 0.3) is 0 Å². The second-order valence-corrected chi connectivity index (χ2v) is 6.51. The molecule has 4 nitrogen and oxygen atoms in total. The van der Waals surface area contributed by atoms with E-state index in [1.54, 1.807) is 19.2 Å². The minimum atomic E-state index is -0.916. The molecule has 0 spiro atoms. The molecule has 2 aromatic rings. The van der Waals surface area contributed by atoms with Crippen molar-refractivity contribution in [3.8, 4) is 0 Å². The average Bonchev–Trinajstić information content (AvgIpc) is 3.01. The highest BCUT2D eigenvalue weighted by atomic mass is 19.2. The Morgan fingerprint density at radius 1 is 1.15 bits per heavy atom. The van der Waals surface area contributed by atoms with E-state index in [-0.39, 0.29) is 5.91 Å². The lowest BCUT2D eigenvalue weighted by Gasteiger charge is -2.30. The van der Waals surface area contributed by atoms with Crippen LogP contribution in [0.2, 0.25) is 0 Å². The van der Waals surface area contributed by atoms with Crippen LogP contribution in [-0.2, 0) is 11.3 Å². The standard InChI is InChI=1S/C19H20F3N3O/c1-23-18(26)19(24-15-4-2-3-14(20)10-15)7-8-25(12-19)11-13-5-6-16(21)17(22)9-13/h2-6,9-10,24H,7-8,11-12H2,1H3,(H,23,26). The van der Waals surface area contributed by atoms with E-state index in [0.717, 1.165) is 12.1 Å². The van der Waals surface area contributed by atoms with Gasteiger partial charge in [-0.15, -0.1) is 0 Å². The molecular formula is C19H20F3N3O. The third-order valence-corrected chi connectivity index (χ3v) is 4.61. The molecule has 1 heterocycles. The van der Waals surface area contributed by atoms with Crippen molar-refractivity contribution < 1.29 is 18.0 Å². The Morgan fingerprint density at radius 2 is 1.96 bits per heavy atom. The fourth-order valence-corrected chi connectivity index (χ4v) is 3.35. The van der Waals surface area contributed by atoms with Crippen LogP contribution in [0.3, 0.4) is 0 Å². The van der Waals surface area contributed by atoms with Gasteiger partial charge in [-0.3, -0.25) is 9.69 Å². The molecule has 26 heavy (non-hydrogen) atoms. The van der Waals surface area contributed by atoms with Gasteiger partial charge >= 0.3 is 0 Å². The zero-order valence-corrected chi connectivity index (χ0v) is 14.4. The molecule has 0 radical (unpaired) electrons.